The fourth-order valence-electron chi connectivity index (χ4n) is 3.60. The molecule has 3 aromatic heterocycles. The van der Waals surface area contributed by atoms with Crippen LogP contribution in [-0.2, 0) is 0 Å². The molecule has 9 heteroatoms. The average molecular weight is 434 g/mol. The number of hydrogen-bond acceptors (Lipinski definition) is 7. The topological polar surface area (TPSA) is 72.1 Å². The number of hydrogen-bond donors (Lipinski definition) is 0. The van der Waals surface area contributed by atoms with Gasteiger partial charge in [-0.15, -0.1) is 20.4 Å². The van der Waals surface area contributed by atoms with E-state index in [1.807, 2.05) is 35.7 Å². The van der Waals surface area contributed by atoms with Crippen molar-refractivity contribution >= 4 is 51.1 Å². The zero-order valence-electron chi connectivity index (χ0n) is 16.0. The molecule has 2 aromatic carbocycles. The summed E-state index contributed by atoms with van der Waals surface area (Å²) in [6.07, 6.45) is 4.11. The van der Waals surface area contributed by atoms with E-state index in [-0.39, 0.29) is 0 Å². The largest absolute Gasteiger partial charge is 0.329 e. The van der Waals surface area contributed by atoms with Gasteiger partial charge >= 0.3 is 0 Å². The lowest BCUT2D eigenvalue weighted by molar-refractivity contribution is 0.978. The van der Waals surface area contributed by atoms with E-state index in [0.29, 0.717) is 16.7 Å². The van der Waals surface area contributed by atoms with Crippen molar-refractivity contribution in [2.24, 2.45) is 0 Å². The first kappa shape index (κ1) is 17.7. The fourth-order valence-corrected chi connectivity index (χ4v) is 4.77. The van der Waals surface area contributed by atoms with E-state index in [4.69, 9.17) is 16.6 Å². The molecule has 1 aliphatic rings. The molecule has 0 bridgehead atoms. The summed E-state index contributed by atoms with van der Waals surface area (Å²) in [7, 11) is 2.00. The van der Waals surface area contributed by atoms with Crippen molar-refractivity contribution in [3.05, 3.63) is 58.8 Å². The third-order valence-electron chi connectivity index (χ3n) is 5.36. The number of rotatable bonds is 4. The maximum atomic E-state index is 6.25. The Bertz CT molecular complexity index is 1410. The summed E-state index contributed by atoms with van der Waals surface area (Å²) in [6.45, 7) is 0. The summed E-state index contributed by atoms with van der Waals surface area (Å²) in [6, 6.07) is 14.0. The third-order valence-corrected chi connectivity index (χ3v) is 6.73. The van der Waals surface area contributed by atoms with Gasteiger partial charge in [0.15, 0.2) is 0 Å². The van der Waals surface area contributed by atoms with E-state index >= 15 is 0 Å². The molecule has 0 aliphatic heterocycles. The van der Waals surface area contributed by atoms with E-state index in [1.165, 1.54) is 12.8 Å². The van der Waals surface area contributed by atoms with Gasteiger partial charge in [-0.05, 0) is 43.2 Å². The predicted octanol–water partition coefficient (Wildman–Crippen LogP) is 5.09. The van der Waals surface area contributed by atoms with E-state index in [9.17, 15) is 0 Å². The number of halogens is 1. The van der Waals surface area contributed by atoms with Crippen molar-refractivity contribution in [3.63, 3.8) is 0 Å². The molecule has 1 fully saturated rings. The van der Waals surface area contributed by atoms with Crippen molar-refractivity contribution in [1.82, 2.24) is 29.8 Å². The summed E-state index contributed by atoms with van der Waals surface area (Å²) >= 11 is 7.94. The quantitative estimate of drug-likeness (QED) is 0.393. The van der Waals surface area contributed by atoms with Gasteiger partial charge in [0.1, 0.15) is 22.2 Å². The van der Waals surface area contributed by atoms with Gasteiger partial charge in [0.05, 0.1) is 5.52 Å². The lowest BCUT2D eigenvalue weighted by atomic mass is 10.1. The second-order valence-corrected chi connectivity index (χ2v) is 8.87. The zero-order chi connectivity index (χ0) is 20.2. The van der Waals surface area contributed by atoms with Crippen LogP contribution >= 0.6 is 22.9 Å². The SMILES string of the molecule is CN(c1cccc(-c2nnc(C3CC3)s2)c1)c1nc2nncn2c2cc(Cl)ccc12. The fraction of sp³-hybridized carbons (Fsp3) is 0.190. The summed E-state index contributed by atoms with van der Waals surface area (Å²) < 4.78 is 1.84. The molecule has 0 amide bonds. The molecule has 1 aliphatic carbocycles. The van der Waals surface area contributed by atoms with E-state index in [2.05, 4.69) is 43.5 Å². The molecule has 5 aromatic rings. The van der Waals surface area contributed by atoms with E-state index < -0.39 is 0 Å². The Morgan fingerprint density at radius 1 is 1.10 bits per heavy atom. The van der Waals surface area contributed by atoms with Crippen molar-refractivity contribution in [2.45, 2.75) is 18.8 Å². The summed E-state index contributed by atoms with van der Waals surface area (Å²) in [5.41, 5.74) is 2.97. The van der Waals surface area contributed by atoms with Crippen molar-refractivity contribution in [3.8, 4) is 10.6 Å². The predicted molar refractivity (Wildman–Crippen MR) is 119 cm³/mol. The van der Waals surface area contributed by atoms with Gasteiger partial charge in [-0.1, -0.05) is 35.1 Å². The maximum Gasteiger partial charge on any atom is 0.257 e. The summed E-state index contributed by atoms with van der Waals surface area (Å²) in [5.74, 6) is 1.93. The highest BCUT2D eigenvalue weighted by Crippen LogP contribution is 2.43. The first-order valence-corrected chi connectivity index (χ1v) is 10.8. The minimum atomic E-state index is 0.529. The molecule has 0 saturated heterocycles. The van der Waals surface area contributed by atoms with Crippen LogP contribution in [0.4, 0.5) is 11.5 Å². The number of aromatic nitrogens is 6. The van der Waals surface area contributed by atoms with Gasteiger partial charge < -0.3 is 4.90 Å². The highest BCUT2D eigenvalue weighted by atomic mass is 35.5. The summed E-state index contributed by atoms with van der Waals surface area (Å²) in [5, 5.41) is 20.6. The van der Waals surface area contributed by atoms with Crippen LogP contribution in [-0.4, -0.2) is 36.8 Å². The molecule has 1 saturated carbocycles. The number of nitrogens with zero attached hydrogens (tertiary/aromatic N) is 7. The molecular formula is C21H16ClN7S. The molecule has 6 rings (SSSR count). The number of anilines is 2. The molecule has 0 atom stereocenters. The Hall–Kier alpha value is -3.10. The second-order valence-electron chi connectivity index (χ2n) is 7.43. The first-order chi connectivity index (χ1) is 14.7. The molecule has 3 heterocycles. The standard InChI is InChI=1S/C21H16ClN7S/c1-28(15-4-2-3-13(9-15)20-26-25-19(30-20)12-5-6-12)18-16-8-7-14(22)10-17(16)29-11-23-27-21(29)24-18/h2-4,7-12H,5-6H2,1H3. The van der Waals surface area contributed by atoms with Crippen LogP contribution < -0.4 is 4.90 Å². The Balaban J connectivity index is 1.45. The van der Waals surface area contributed by atoms with Gasteiger partial charge in [0, 0.05) is 34.6 Å². The smallest absolute Gasteiger partial charge is 0.257 e. The van der Waals surface area contributed by atoms with Crippen molar-refractivity contribution < 1.29 is 0 Å². The van der Waals surface area contributed by atoms with Gasteiger partial charge in [0.2, 0.25) is 0 Å². The number of benzene rings is 2. The Labute approximate surface area is 181 Å². The molecule has 7 nitrogen and oxygen atoms in total. The maximum absolute atomic E-state index is 6.25. The van der Waals surface area contributed by atoms with Crippen molar-refractivity contribution in [2.75, 3.05) is 11.9 Å². The van der Waals surface area contributed by atoms with Crippen LogP contribution in [0.5, 0.6) is 0 Å². The minimum Gasteiger partial charge on any atom is -0.329 e. The molecule has 0 unspecified atom stereocenters. The lowest BCUT2D eigenvalue weighted by Gasteiger charge is -2.21. The third kappa shape index (κ3) is 2.91. The normalized spacial score (nSPS) is 13.9. The molecule has 0 N–H and O–H groups in total. The monoisotopic (exact) mass is 433 g/mol. The van der Waals surface area contributed by atoms with E-state index in [0.717, 1.165) is 38.0 Å². The second kappa shape index (κ2) is 6.72. The van der Waals surface area contributed by atoms with Gasteiger partial charge in [-0.3, -0.25) is 4.40 Å². The van der Waals surface area contributed by atoms with Crippen LogP contribution in [0, 0.1) is 0 Å². The van der Waals surface area contributed by atoms with Crippen LogP contribution in [0.15, 0.2) is 48.8 Å². The Morgan fingerprint density at radius 2 is 2.00 bits per heavy atom. The Morgan fingerprint density at radius 3 is 2.87 bits per heavy atom. The highest BCUT2D eigenvalue weighted by Gasteiger charge is 2.27. The molecule has 0 spiro atoms. The van der Waals surface area contributed by atoms with Crippen LogP contribution in [0.1, 0.15) is 23.8 Å². The lowest BCUT2D eigenvalue weighted by Crippen LogP contribution is -2.13. The van der Waals surface area contributed by atoms with Crippen LogP contribution in [0.25, 0.3) is 27.3 Å². The van der Waals surface area contributed by atoms with Crippen LogP contribution in [0.2, 0.25) is 5.02 Å². The summed E-state index contributed by atoms with van der Waals surface area (Å²) in [4.78, 5) is 6.81. The molecule has 0 radical (unpaired) electrons. The minimum absolute atomic E-state index is 0.529. The van der Waals surface area contributed by atoms with Gasteiger partial charge in [0.25, 0.3) is 5.78 Å². The number of fused-ring (bicyclic) bond motifs is 3. The first-order valence-electron chi connectivity index (χ1n) is 9.64. The highest BCUT2D eigenvalue weighted by molar-refractivity contribution is 7.14. The Kier molecular flexibility index (Phi) is 3.97. The van der Waals surface area contributed by atoms with Crippen molar-refractivity contribution in [1.29, 1.82) is 0 Å². The van der Waals surface area contributed by atoms with Gasteiger partial charge in [-0.2, -0.15) is 4.98 Å². The molecule has 148 valence electrons. The van der Waals surface area contributed by atoms with Crippen LogP contribution in [0.3, 0.4) is 0 Å². The zero-order valence-corrected chi connectivity index (χ0v) is 17.6. The molecular weight excluding hydrogens is 418 g/mol. The van der Waals surface area contributed by atoms with E-state index in [1.54, 1.807) is 17.7 Å². The van der Waals surface area contributed by atoms with Gasteiger partial charge in [-0.25, -0.2) is 0 Å². The molecule has 30 heavy (non-hydrogen) atoms. The average Bonchev–Trinajstić information content (AvgIpc) is 3.30.